The van der Waals surface area contributed by atoms with Gasteiger partial charge in [-0.2, -0.15) is 0 Å². The molecule has 2 fully saturated rings. The Hall–Kier alpha value is -8.36. The fourth-order valence-electron chi connectivity index (χ4n) is 5.65. The molecule has 2 heterocycles. The first kappa shape index (κ1) is 45.2. The van der Waals surface area contributed by atoms with Gasteiger partial charge in [-0.1, -0.05) is 13.2 Å². The van der Waals surface area contributed by atoms with Gasteiger partial charge in [0.1, 0.15) is 35.2 Å². The van der Waals surface area contributed by atoms with Gasteiger partial charge in [-0.15, -0.1) is 0 Å². The Bertz CT molecular complexity index is 2220. The minimum atomic E-state index is -1.15. The zero-order valence-electron chi connectivity index (χ0n) is 33.1. The molecular formula is C44H34O20. The van der Waals surface area contributed by atoms with Crippen LogP contribution in [0, 0.1) is 0 Å². The molecule has 0 saturated carbocycles. The molecule has 4 aromatic carbocycles. The Kier molecular flexibility index (Phi) is 15.1. The third kappa shape index (κ3) is 12.4. The van der Waals surface area contributed by atoms with Gasteiger partial charge in [0.15, 0.2) is 12.2 Å². The van der Waals surface area contributed by atoms with Crippen molar-refractivity contribution in [1.29, 1.82) is 0 Å². The van der Waals surface area contributed by atoms with Crippen molar-refractivity contribution in [2.75, 3.05) is 26.8 Å². The van der Waals surface area contributed by atoms with Crippen molar-refractivity contribution in [1.82, 2.24) is 0 Å². The minimum absolute atomic E-state index is 0.0294. The molecule has 2 aliphatic rings. The van der Waals surface area contributed by atoms with Crippen LogP contribution in [0.15, 0.2) is 122 Å². The van der Waals surface area contributed by atoms with E-state index in [1.54, 1.807) is 0 Å². The number of hydrogen-bond acceptors (Lipinski definition) is 20. The predicted molar refractivity (Wildman–Crippen MR) is 210 cm³/mol. The standard InChI is InChI=1S/C44H34O20/c1-3-35(45)55-23-57-43(51)61-31-17-9-25(10-18-31)39(47)59-29-13-5-27(6-14-29)41(49)63-33-21-53-38-34(22-54-37(33)38)64-42(50)28-7-15-30(16-8-28)60-40(48)26-11-19-32(20-12-26)62-44(52)58-24-56-36(46)4-2/h3-20,33-34,37-38H,1-2,21-24H2/t33-,34?,37+,38+/m0/s1. The lowest BCUT2D eigenvalue weighted by molar-refractivity contribution is -0.147. The molecule has 0 aliphatic carbocycles. The number of carbonyl (C=O) groups is 8. The summed E-state index contributed by atoms with van der Waals surface area (Å²) < 4.78 is 61.7. The van der Waals surface area contributed by atoms with Crippen molar-refractivity contribution in [2.24, 2.45) is 0 Å². The van der Waals surface area contributed by atoms with E-state index in [0.717, 1.165) is 12.2 Å². The molecule has 2 saturated heterocycles. The van der Waals surface area contributed by atoms with E-state index in [4.69, 9.17) is 37.9 Å². The van der Waals surface area contributed by atoms with Crippen LogP contribution in [-0.2, 0) is 47.5 Å². The zero-order chi connectivity index (χ0) is 45.6. The summed E-state index contributed by atoms with van der Waals surface area (Å²) in [6.07, 6.45) is -3.60. The monoisotopic (exact) mass is 882 g/mol. The first-order valence-electron chi connectivity index (χ1n) is 18.7. The van der Waals surface area contributed by atoms with Gasteiger partial charge >= 0.3 is 48.1 Å². The highest BCUT2D eigenvalue weighted by Crippen LogP contribution is 2.32. The van der Waals surface area contributed by atoms with Crippen LogP contribution in [-0.4, -0.2) is 99.3 Å². The second-order valence-corrected chi connectivity index (χ2v) is 12.9. The van der Waals surface area contributed by atoms with Crippen molar-refractivity contribution >= 4 is 48.1 Å². The first-order valence-corrected chi connectivity index (χ1v) is 18.7. The van der Waals surface area contributed by atoms with Crippen LogP contribution in [0.1, 0.15) is 41.4 Å². The van der Waals surface area contributed by atoms with Gasteiger partial charge in [-0.25, -0.2) is 38.4 Å². The highest BCUT2D eigenvalue weighted by Gasteiger charge is 2.51. The number of hydrogen-bond donors (Lipinski definition) is 0. The maximum atomic E-state index is 13.0. The molecule has 0 radical (unpaired) electrons. The average Bonchev–Trinajstić information content (AvgIpc) is 3.89. The van der Waals surface area contributed by atoms with Crippen LogP contribution in [0.2, 0.25) is 0 Å². The van der Waals surface area contributed by atoms with E-state index < -0.39 is 86.1 Å². The molecule has 2 aliphatic heterocycles. The lowest BCUT2D eigenvalue weighted by Gasteiger charge is -2.17. The van der Waals surface area contributed by atoms with Crippen LogP contribution in [0.5, 0.6) is 23.0 Å². The number of rotatable bonds is 16. The molecule has 0 bridgehead atoms. The van der Waals surface area contributed by atoms with Gasteiger partial charge in [0.25, 0.3) is 0 Å². The molecule has 0 amide bonds. The molecule has 1 unspecified atom stereocenters. The third-order valence-electron chi connectivity index (χ3n) is 8.75. The van der Waals surface area contributed by atoms with Crippen LogP contribution in [0.3, 0.4) is 0 Å². The van der Waals surface area contributed by atoms with Crippen LogP contribution < -0.4 is 18.9 Å². The summed E-state index contributed by atoms with van der Waals surface area (Å²) >= 11 is 0. The summed E-state index contributed by atoms with van der Waals surface area (Å²) in [7, 11) is 0. The molecule has 6 rings (SSSR count). The van der Waals surface area contributed by atoms with Crippen molar-refractivity contribution in [3.8, 4) is 23.0 Å². The topological polar surface area (TPSA) is 247 Å². The van der Waals surface area contributed by atoms with E-state index in [1.807, 2.05) is 0 Å². The number of fused-ring (bicyclic) bond motifs is 1. The van der Waals surface area contributed by atoms with Crippen LogP contribution in [0.25, 0.3) is 0 Å². The predicted octanol–water partition coefficient (Wildman–Crippen LogP) is 5.08. The average molecular weight is 883 g/mol. The van der Waals surface area contributed by atoms with Gasteiger partial charge in [0.2, 0.25) is 13.6 Å². The maximum absolute atomic E-state index is 13.0. The lowest BCUT2D eigenvalue weighted by Crippen LogP contribution is -2.36. The fraction of sp³-hybridized carbons (Fsp3) is 0.182. The summed E-state index contributed by atoms with van der Waals surface area (Å²) in [6, 6.07) is 21.8. The molecule has 20 heteroatoms. The Morgan fingerprint density at radius 3 is 1.05 bits per heavy atom. The van der Waals surface area contributed by atoms with Gasteiger partial charge in [-0.3, -0.25) is 0 Å². The summed E-state index contributed by atoms with van der Waals surface area (Å²) in [6.45, 7) is 5.00. The third-order valence-corrected chi connectivity index (χ3v) is 8.75. The van der Waals surface area contributed by atoms with Crippen LogP contribution >= 0.6 is 0 Å². The molecule has 330 valence electrons. The zero-order valence-corrected chi connectivity index (χ0v) is 33.1. The molecule has 0 spiro atoms. The molecule has 64 heavy (non-hydrogen) atoms. The normalized spacial score (nSPS) is 16.9. The van der Waals surface area contributed by atoms with Crippen LogP contribution in [0.4, 0.5) is 9.59 Å². The van der Waals surface area contributed by atoms with Gasteiger partial charge in [0.05, 0.1) is 35.5 Å². The van der Waals surface area contributed by atoms with Crippen molar-refractivity contribution in [3.63, 3.8) is 0 Å². The SMILES string of the molecule is C=CC(=O)OCOC(=O)Oc1ccc(C(=O)Oc2ccc(C(=O)OC3CO[C@@H]4[C@@H](OC(=O)c5ccc(OC(=O)c6ccc(OC(=O)OCOC(=O)C=C)cc6)cc5)CO[C@H]34)cc2)cc1. The molecule has 0 N–H and O–H groups in total. The first-order chi connectivity index (χ1) is 30.9. The van der Waals surface area contributed by atoms with Gasteiger partial charge in [0, 0.05) is 12.2 Å². The Labute approximate surface area is 361 Å². The largest absolute Gasteiger partial charge is 0.516 e. The van der Waals surface area contributed by atoms with Crippen molar-refractivity contribution in [3.05, 3.63) is 145 Å². The lowest BCUT2D eigenvalue weighted by atomic mass is 10.1. The number of benzene rings is 4. The minimum Gasteiger partial charge on any atom is -0.453 e. The van der Waals surface area contributed by atoms with E-state index >= 15 is 0 Å². The van der Waals surface area contributed by atoms with E-state index in [0.29, 0.717) is 0 Å². The Morgan fingerprint density at radius 1 is 0.438 bits per heavy atom. The van der Waals surface area contributed by atoms with Crippen molar-refractivity contribution in [2.45, 2.75) is 24.4 Å². The molecule has 20 nitrogen and oxygen atoms in total. The Morgan fingerprint density at radius 2 is 0.734 bits per heavy atom. The van der Waals surface area contributed by atoms with Crippen molar-refractivity contribution < 1.29 is 95.2 Å². The molecule has 4 atom stereocenters. The summed E-state index contributed by atoms with van der Waals surface area (Å²) in [5.41, 5.74) is 0.508. The second-order valence-electron chi connectivity index (χ2n) is 12.9. The highest BCUT2D eigenvalue weighted by molar-refractivity contribution is 5.93. The quantitative estimate of drug-likeness (QED) is 0.0355. The van der Waals surface area contributed by atoms with Gasteiger partial charge in [-0.05, 0) is 97.1 Å². The number of esters is 6. The molecular weight excluding hydrogens is 848 g/mol. The molecule has 0 aromatic heterocycles. The number of carbonyl (C=O) groups excluding carboxylic acids is 8. The molecule has 4 aromatic rings. The van der Waals surface area contributed by atoms with Gasteiger partial charge < -0.3 is 56.8 Å². The number of ether oxygens (including phenoxy) is 12. The van der Waals surface area contributed by atoms with E-state index in [9.17, 15) is 38.4 Å². The van der Waals surface area contributed by atoms with E-state index in [1.165, 1.54) is 97.1 Å². The fourth-order valence-corrected chi connectivity index (χ4v) is 5.65. The smallest absolute Gasteiger partial charge is 0.453 e. The summed E-state index contributed by atoms with van der Waals surface area (Å²) in [5.74, 6) is -4.16. The maximum Gasteiger partial charge on any atom is 0.516 e. The second kappa shape index (κ2) is 21.4. The van der Waals surface area contributed by atoms with E-state index in [-0.39, 0.29) is 58.5 Å². The summed E-state index contributed by atoms with van der Waals surface area (Å²) in [4.78, 5) is 96.8. The van der Waals surface area contributed by atoms with E-state index in [2.05, 4.69) is 32.1 Å². The summed E-state index contributed by atoms with van der Waals surface area (Å²) in [5, 5.41) is 0. The highest BCUT2D eigenvalue weighted by atomic mass is 16.8. The Balaban J connectivity index is 0.912.